The van der Waals surface area contributed by atoms with E-state index in [-0.39, 0.29) is 0 Å². The van der Waals surface area contributed by atoms with Gasteiger partial charge in [0.25, 0.3) is 0 Å². The van der Waals surface area contributed by atoms with Crippen LogP contribution in [-0.2, 0) is 0 Å². The molecule has 1 saturated carbocycles. The van der Waals surface area contributed by atoms with Crippen molar-refractivity contribution in [2.24, 2.45) is 5.41 Å². The minimum atomic E-state index is 0.501. The summed E-state index contributed by atoms with van der Waals surface area (Å²) >= 11 is 1.56. The predicted molar refractivity (Wildman–Crippen MR) is 62.5 cm³/mol. The van der Waals surface area contributed by atoms with Crippen molar-refractivity contribution in [1.82, 2.24) is 4.98 Å². The van der Waals surface area contributed by atoms with Gasteiger partial charge in [-0.1, -0.05) is 13.8 Å². The Morgan fingerprint density at radius 1 is 1.47 bits per heavy atom. The van der Waals surface area contributed by atoms with Crippen molar-refractivity contribution in [1.29, 1.82) is 0 Å². The van der Waals surface area contributed by atoms with Gasteiger partial charge < -0.3 is 0 Å². The number of carbonyl (C=O) groups is 1. The van der Waals surface area contributed by atoms with E-state index in [0.717, 1.165) is 16.2 Å². The van der Waals surface area contributed by atoms with Gasteiger partial charge in [0.05, 0.1) is 9.88 Å². The lowest BCUT2D eigenvalue weighted by molar-refractivity contribution is 0.112. The normalized spacial score (nSPS) is 21.5. The quantitative estimate of drug-likeness (QED) is 0.716. The number of hydrogen-bond donors (Lipinski definition) is 0. The Morgan fingerprint density at radius 2 is 2.13 bits per heavy atom. The van der Waals surface area contributed by atoms with Gasteiger partial charge in [0.1, 0.15) is 0 Å². The molecule has 0 saturated heterocycles. The molecule has 0 aliphatic heterocycles. The summed E-state index contributed by atoms with van der Waals surface area (Å²) in [5.74, 6) is 0.594. The Labute approximate surface area is 94.7 Å². The molecule has 0 N–H and O–H groups in total. The maximum absolute atomic E-state index is 10.6. The molecule has 0 bridgehead atoms. The fourth-order valence-corrected chi connectivity index (χ4v) is 3.09. The average molecular weight is 223 g/mol. The largest absolute Gasteiger partial charge is 0.297 e. The van der Waals surface area contributed by atoms with E-state index in [1.54, 1.807) is 17.5 Å². The maximum atomic E-state index is 10.6. The van der Waals surface area contributed by atoms with Gasteiger partial charge in [0.2, 0.25) is 0 Å². The topological polar surface area (TPSA) is 30.0 Å². The molecule has 3 heteroatoms. The first kappa shape index (κ1) is 10.8. The summed E-state index contributed by atoms with van der Waals surface area (Å²) in [5.41, 5.74) is 0.501. The maximum Gasteiger partial charge on any atom is 0.161 e. The summed E-state index contributed by atoms with van der Waals surface area (Å²) in [6, 6.07) is 0. The summed E-state index contributed by atoms with van der Waals surface area (Å²) in [6.07, 6.45) is 7.58. The minimum absolute atomic E-state index is 0.501. The first-order chi connectivity index (χ1) is 7.11. The third kappa shape index (κ3) is 2.46. The number of rotatable bonds is 2. The van der Waals surface area contributed by atoms with Crippen LogP contribution in [-0.4, -0.2) is 11.3 Å². The fraction of sp³-hybridized carbons (Fsp3) is 0.667. The van der Waals surface area contributed by atoms with Gasteiger partial charge in [-0.15, -0.1) is 11.3 Å². The molecule has 1 fully saturated rings. The highest BCUT2D eigenvalue weighted by atomic mass is 32.1. The summed E-state index contributed by atoms with van der Waals surface area (Å²) < 4.78 is 0. The monoisotopic (exact) mass is 223 g/mol. The van der Waals surface area contributed by atoms with E-state index in [1.165, 1.54) is 25.7 Å². The van der Waals surface area contributed by atoms with Gasteiger partial charge in [0.15, 0.2) is 6.29 Å². The number of thiazole rings is 1. The Kier molecular flexibility index (Phi) is 2.91. The van der Waals surface area contributed by atoms with Gasteiger partial charge in [-0.25, -0.2) is 4.98 Å². The van der Waals surface area contributed by atoms with E-state index < -0.39 is 0 Å². The first-order valence-electron chi connectivity index (χ1n) is 5.52. The van der Waals surface area contributed by atoms with Gasteiger partial charge in [-0.05, 0) is 31.1 Å². The number of nitrogens with zero attached hydrogens (tertiary/aromatic N) is 1. The zero-order chi connectivity index (χ0) is 10.9. The lowest BCUT2D eigenvalue weighted by Gasteiger charge is -2.33. The lowest BCUT2D eigenvalue weighted by Crippen LogP contribution is -2.20. The van der Waals surface area contributed by atoms with Crippen molar-refractivity contribution < 1.29 is 4.79 Å². The molecular formula is C12H17NOS. The van der Waals surface area contributed by atoms with Crippen LogP contribution in [0.4, 0.5) is 0 Å². The molecule has 1 aromatic heterocycles. The first-order valence-corrected chi connectivity index (χ1v) is 6.33. The molecule has 0 unspecified atom stereocenters. The van der Waals surface area contributed by atoms with Crippen LogP contribution in [0.1, 0.15) is 60.1 Å². The molecule has 0 radical (unpaired) electrons. The molecule has 0 amide bonds. The van der Waals surface area contributed by atoms with E-state index in [1.807, 2.05) is 0 Å². The van der Waals surface area contributed by atoms with E-state index in [4.69, 9.17) is 0 Å². The van der Waals surface area contributed by atoms with Crippen LogP contribution < -0.4 is 0 Å². The van der Waals surface area contributed by atoms with Gasteiger partial charge in [0, 0.05) is 12.1 Å². The van der Waals surface area contributed by atoms with E-state index in [0.29, 0.717) is 11.3 Å². The van der Waals surface area contributed by atoms with Crippen LogP contribution in [0, 0.1) is 5.41 Å². The number of aromatic nitrogens is 1. The van der Waals surface area contributed by atoms with Crippen LogP contribution in [0.5, 0.6) is 0 Å². The van der Waals surface area contributed by atoms with Crippen LogP contribution in [0.25, 0.3) is 0 Å². The van der Waals surface area contributed by atoms with E-state index >= 15 is 0 Å². The summed E-state index contributed by atoms with van der Waals surface area (Å²) in [6.45, 7) is 4.67. The molecule has 1 heterocycles. The molecule has 2 nitrogen and oxygen atoms in total. The van der Waals surface area contributed by atoms with Crippen molar-refractivity contribution in [2.45, 2.75) is 45.4 Å². The Balaban J connectivity index is 2.04. The summed E-state index contributed by atoms with van der Waals surface area (Å²) in [7, 11) is 0. The van der Waals surface area contributed by atoms with Crippen molar-refractivity contribution in [2.75, 3.05) is 0 Å². The summed E-state index contributed by atoms with van der Waals surface area (Å²) in [5, 5.41) is 1.16. The Hall–Kier alpha value is -0.700. The van der Waals surface area contributed by atoms with Crippen LogP contribution in [0.15, 0.2) is 6.20 Å². The van der Waals surface area contributed by atoms with Gasteiger partial charge >= 0.3 is 0 Å². The standard InChI is InChI=1S/C12H17NOS/c1-12(2)5-3-9(4-6-12)11-13-7-10(8-14)15-11/h7-9H,3-6H2,1-2H3. The molecule has 0 spiro atoms. The number of carbonyl (C=O) groups excluding carboxylic acids is 1. The third-order valence-corrected chi connectivity index (χ3v) is 4.43. The zero-order valence-corrected chi connectivity index (χ0v) is 10.1. The second-order valence-electron chi connectivity index (χ2n) is 5.16. The van der Waals surface area contributed by atoms with E-state index in [2.05, 4.69) is 18.8 Å². The summed E-state index contributed by atoms with van der Waals surface area (Å²) in [4.78, 5) is 15.7. The highest BCUT2D eigenvalue weighted by Gasteiger charge is 2.28. The Bertz CT molecular complexity index is 346. The molecular weight excluding hydrogens is 206 g/mol. The zero-order valence-electron chi connectivity index (χ0n) is 9.32. The molecule has 1 aliphatic carbocycles. The van der Waals surface area contributed by atoms with E-state index in [9.17, 15) is 4.79 Å². The number of hydrogen-bond acceptors (Lipinski definition) is 3. The van der Waals surface area contributed by atoms with Crippen molar-refractivity contribution >= 4 is 17.6 Å². The molecule has 1 aromatic rings. The number of aldehydes is 1. The highest BCUT2D eigenvalue weighted by molar-refractivity contribution is 7.13. The molecule has 0 atom stereocenters. The van der Waals surface area contributed by atoms with Crippen LogP contribution in [0.3, 0.4) is 0 Å². The molecule has 82 valence electrons. The second kappa shape index (κ2) is 4.05. The lowest BCUT2D eigenvalue weighted by atomic mass is 9.73. The fourth-order valence-electron chi connectivity index (χ4n) is 2.19. The predicted octanol–water partition coefficient (Wildman–Crippen LogP) is 3.64. The minimum Gasteiger partial charge on any atom is -0.297 e. The third-order valence-electron chi connectivity index (χ3n) is 3.35. The van der Waals surface area contributed by atoms with Gasteiger partial charge in [-0.2, -0.15) is 0 Å². The SMILES string of the molecule is CC1(C)CCC(c2ncc(C=O)s2)CC1. The van der Waals surface area contributed by atoms with Crippen LogP contribution in [0.2, 0.25) is 0 Å². The average Bonchev–Trinajstić information content (AvgIpc) is 2.66. The second-order valence-corrected chi connectivity index (χ2v) is 6.25. The smallest absolute Gasteiger partial charge is 0.161 e. The molecule has 0 aromatic carbocycles. The highest BCUT2D eigenvalue weighted by Crippen LogP contribution is 2.43. The van der Waals surface area contributed by atoms with Crippen molar-refractivity contribution in [3.05, 3.63) is 16.1 Å². The Morgan fingerprint density at radius 3 is 2.67 bits per heavy atom. The van der Waals surface area contributed by atoms with Gasteiger partial charge in [-0.3, -0.25) is 4.79 Å². The van der Waals surface area contributed by atoms with Crippen molar-refractivity contribution in [3.8, 4) is 0 Å². The van der Waals surface area contributed by atoms with Crippen molar-refractivity contribution in [3.63, 3.8) is 0 Å². The molecule has 15 heavy (non-hydrogen) atoms. The van der Waals surface area contributed by atoms with Crippen LogP contribution >= 0.6 is 11.3 Å². The molecule has 2 rings (SSSR count). The molecule has 1 aliphatic rings.